The van der Waals surface area contributed by atoms with Crippen LogP contribution in [0.25, 0.3) is 32.7 Å². The number of furan rings is 1. The minimum Gasteiger partial charge on any atom is -0.458 e. The van der Waals surface area contributed by atoms with Gasteiger partial charge in [0.15, 0.2) is 5.58 Å². The molecule has 0 radical (unpaired) electrons. The molecule has 234 valence electrons. The van der Waals surface area contributed by atoms with Crippen LogP contribution in [0.3, 0.4) is 0 Å². The monoisotopic (exact) mass is 633 g/mol. The van der Waals surface area contributed by atoms with Crippen molar-refractivity contribution in [3.05, 3.63) is 145 Å². The molecule has 1 aromatic heterocycles. The van der Waals surface area contributed by atoms with E-state index < -0.39 is 0 Å². The Labute approximate surface area is 285 Å². The lowest BCUT2D eigenvalue weighted by Gasteiger charge is -2.36. The van der Waals surface area contributed by atoms with Crippen molar-refractivity contribution in [1.29, 1.82) is 0 Å². The van der Waals surface area contributed by atoms with Gasteiger partial charge in [0.25, 0.3) is 6.71 Å². The van der Waals surface area contributed by atoms with E-state index in [1.165, 1.54) is 16.3 Å². The van der Waals surface area contributed by atoms with Crippen LogP contribution >= 0.6 is 0 Å². The summed E-state index contributed by atoms with van der Waals surface area (Å²) in [4.78, 5) is 2.34. The zero-order chi connectivity index (χ0) is 32.9. The summed E-state index contributed by atoms with van der Waals surface area (Å²) < 4.78 is 20.3. The molecule has 2 aliphatic heterocycles. The highest BCUT2D eigenvalue weighted by Gasteiger charge is 2.41. The molecule has 0 spiro atoms. The molecule has 0 saturated carbocycles. The van der Waals surface area contributed by atoms with Crippen molar-refractivity contribution < 1.29 is 13.9 Å². The molecule has 8 aromatic rings. The summed E-state index contributed by atoms with van der Waals surface area (Å²) >= 11 is 0. The maximum Gasteiger partial charge on any atom is 0.260 e. The van der Waals surface area contributed by atoms with Crippen LogP contribution in [-0.4, -0.2) is 6.71 Å². The van der Waals surface area contributed by atoms with Crippen molar-refractivity contribution in [2.75, 3.05) is 4.90 Å². The van der Waals surface area contributed by atoms with Crippen LogP contribution in [0.1, 0.15) is 26.3 Å². The second-order valence-electron chi connectivity index (χ2n) is 14.1. The summed E-state index contributed by atoms with van der Waals surface area (Å²) in [5.74, 6) is 3.33. The first-order valence-electron chi connectivity index (χ1n) is 16.9. The second kappa shape index (κ2) is 10.3. The summed E-state index contributed by atoms with van der Waals surface area (Å²) in [5, 5.41) is 4.60. The SMILES string of the molecule is CC(C)(C)c1c(N(c2cc3c4c(c2)Oc2ccccc2B4c2ccccc2O3)c2cccc3c2oc2ccccc23)ccc2ccccc12. The van der Waals surface area contributed by atoms with Gasteiger partial charge in [0, 0.05) is 28.4 Å². The van der Waals surface area contributed by atoms with E-state index in [4.69, 9.17) is 13.9 Å². The van der Waals surface area contributed by atoms with E-state index in [9.17, 15) is 0 Å². The third-order valence-electron chi connectivity index (χ3n) is 10.1. The molecule has 0 bridgehead atoms. The van der Waals surface area contributed by atoms with Gasteiger partial charge < -0.3 is 18.8 Å². The smallest absolute Gasteiger partial charge is 0.260 e. The Bertz CT molecular complexity index is 2560. The van der Waals surface area contributed by atoms with Crippen LogP contribution in [0.2, 0.25) is 0 Å². The first-order valence-corrected chi connectivity index (χ1v) is 16.9. The molecule has 0 amide bonds. The molecule has 2 aliphatic rings. The molecule has 0 unspecified atom stereocenters. The highest BCUT2D eigenvalue weighted by Crippen LogP contribution is 2.49. The summed E-state index contributed by atoms with van der Waals surface area (Å²) in [6.07, 6.45) is 0. The molecule has 7 aromatic carbocycles. The zero-order valence-electron chi connectivity index (χ0n) is 27.5. The maximum atomic E-state index is 6.77. The third-order valence-corrected chi connectivity index (χ3v) is 10.1. The van der Waals surface area contributed by atoms with E-state index in [2.05, 4.69) is 141 Å². The van der Waals surface area contributed by atoms with E-state index in [0.717, 1.165) is 78.4 Å². The molecule has 49 heavy (non-hydrogen) atoms. The number of rotatable bonds is 3. The number of para-hydroxylation sites is 4. The van der Waals surface area contributed by atoms with Crippen LogP contribution in [0.5, 0.6) is 23.0 Å². The lowest BCUT2D eigenvalue weighted by molar-refractivity contribution is 0.465. The maximum absolute atomic E-state index is 6.77. The summed E-state index contributed by atoms with van der Waals surface area (Å²) in [5.41, 5.74) is 9.07. The van der Waals surface area contributed by atoms with E-state index >= 15 is 0 Å². The van der Waals surface area contributed by atoms with Crippen molar-refractivity contribution in [3.8, 4) is 23.0 Å². The van der Waals surface area contributed by atoms with Crippen molar-refractivity contribution in [3.63, 3.8) is 0 Å². The molecule has 0 aliphatic carbocycles. The number of nitrogens with zero attached hydrogens (tertiary/aromatic N) is 1. The molecule has 0 saturated heterocycles. The molecular weight excluding hydrogens is 601 g/mol. The van der Waals surface area contributed by atoms with Crippen molar-refractivity contribution in [2.24, 2.45) is 0 Å². The number of hydrogen-bond donors (Lipinski definition) is 0. The van der Waals surface area contributed by atoms with Crippen LogP contribution in [0, 0.1) is 0 Å². The first-order chi connectivity index (χ1) is 23.9. The average Bonchev–Trinajstić information content (AvgIpc) is 3.50. The molecule has 4 nitrogen and oxygen atoms in total. The second-order valence-corrected chi connectivity index (χ2v) is 14.1. The van der Waals surface area contributed by atoms with Gasteiger partial charge in [-0.05, 0) is 63.0 Å². The van der Waals surface area contributed by atoms with Gasteiger partial charge in [-0.25, -0.2) is 0 Å². The Morgan fingerprint density at radius 1 is 0.531 bits per heavy atom. The molecule has 3 heterocycles. The van der Waals surface area contributed by atoms with Crippen LogP contribution < -0.4 is 30.8 Å². The minimum absolute atomic E-state index is 0.00649. The van der Waals surface area contributed by atoms with Crippen molar-refractivity contribution in [1.82, 2.24) is 0 Å². The highest BCUT2D eigenvalue weighted by atomic mass is 16.5. The zero-order valence-corrected chi connectivity index (χ0v) is 27.5. The molecular formula is C44H32BNO3. The average molecular weight is 634 g/mol. The van der Waals surface area contributed by atoms with E-state index in [1.54, 1.807) is 0 Å². The van der Waals surface area contributed by atoms with E-state index in [1.807, 2.05) is 24.3 Å². The predicted molar refractivity (Wildman–Crippen MR) is 202 cm³/mol. The Kier molecular flexibility index (Phi) is 5.90. The van der Waals surface area contributed by atoms with Crippen LogP contribution in [0.4, 0.5) is 17.1 Å². The lowest BCUT2D eigenvalue weighted by Crippen LogP contribution is -2.57. The molecule has 0 atom stereocenters. The van der Waals surface area contributed by atoms with Gasteiger partial charge in [0.1, 0.15) is 28.6 Å². The number of anilines is 3. The van der Waals surface area contributed by atoms with Gasteiger partial charge in [-0.15, -0.1) is 0 Å². The third kappa shape index (κ3) is 4.18. The quantitative estimate of drug-likeness (QED) is 0.181. The topological polar surface area (TPSA) is 34.8 Å². The Morgan fingerprint density at radius 3 is 1.86 bits per heavy atom. The van der Waals surface area contributed by atoms with Gasteiger partial charge in [-0.2, -0.15) is 0 Å². The molecule has 10 rings (SSSR count). The number of hydrogen-bond acceptors (Lipinski definition) is 4. The van der Waals surface area contributed by atoms with Gasteiger partial charge in [-0.1, -0.05) is 118 Å². The molecule has 5 heteroatoms. The summed E-state index contributed by atoms with van der Waals surface area (Å²) in [6.45, 7) is 6.88. The van der Waals surface area contributed by atoms with Gasteiger partial charge in [-0.3, -0.25) is 0 Å². The molecule has 0 fully saturated rings. The largest absolute Gasteiger partial charge is 0.458 e. The lowest BCUT2D eigenvalue weighted by atomic mass is 9.35. The van der Waals surface area contributed by atoms with Gasteiger partial charge in [0.2, 0.25) is 0 Å². The number of ether oxygens (including phenoxy) is 2. The normalized spacial score (nSPS) is 13.1. The van der Waals surface area contributed by atoms with Gasteiger partial charge in [0.05, 0.1) is 17.1 Å². The van der Waals surface area contributed by atoms with Crippen LogP contribution in [-0.2, 0) is 5.41 Å². The highest BCUT2D eigenvalue weighted by molar-refractivity contribution is 6.98. The van der Waals surface area contributed by atoms with Crippen molar-refractivity contribution >= 4 is 72.9 Å². The fraction of sp³-hybridized carbons (Fsp3) is 0.0909. The van der Waals surface area contributed by atoms with Crippen molar-refractivity contribution in [2.45, 2.75) is 26.2 Å². The predicted octanol–water partition coefficient (Wildman–Crippen LogP) is 10.2. The standard InChI is InChI=1S/C44H32BNO3/c1-44(2,3)41-29-14-5-4-13-27(29)23-24-34(41)46(35-19-12-16-31-30-15-6-9-20-36(30)49-43(31)35)28-25-39-42-40(26-28)48-38-22-11-8-18-33(38)45(42)32-17-7-10-21-37(32)47-39/h4-26H,1-3H3. The Balaban J connectivity index is 1.30. The Hall–Kier alpha value is -5.94. The fourth-order valence-electron chi connectivity index (χ4n) is 8.06. The fourth-order valence-corrected chi connectivity index (χ4v) is 8.06. The summed E-state index contributed by atoms with van der Waals surface area (Å²) in [7, 11) is 0. The number of fused-ring (bicyclic) bond motifs is 8. The van der Waals surface area contributed by atoms with E-state index in [-0.39, 0.29) is 12.1 Å². The Morgan fingerprint density at radius 2 is 1.14 bits per heavy atom. The van der Waals surface area contributed by atoms with E-state index in [0.29, 0.717) is 0 Å². The first kappa shape index (κ1) is 28.1. The minimum atomic E-state index is -0.186. The molecule has 0 N–H and O–H groups in total. The van der Waals surface area contributed by atoms with Gasteiger partial charge >= 0.3 is 0 Å². The summed E-state index contributed by atoms with van der Waals surface area (Å²) in [6, 6.07) is 48.9. The van der Waals surface area contributed by atoms with Crippen LogP contribution in [0.15, 0.2) is 144 Å². The number of benzene rings is 7.